The van der Waals surface area contributed by atoms with Crippen molar-refractivity contribution in [1.82, 2.24) is 10.3 Å². The number of rotatable bonds is 8. The normalized spacial score (nSPS) is 11.4. The summed E-state index contributed by atoms with van der Waals surface area (Å²) in [5.74, 6) is 0.932. The molecule has 1 unspecified atom stereocenters. The monoisotopic (exact) mass is 362 g/mol. The zero-order chi connectivity index (χ0) is 18.9. The molecule has 138 valence electrons. The number of para-hydroxylation sites is 2. The van der Waals surface area contributed by atoms with Gasteiger partial charge in [0, 0.05) is 6.20 Å². The van der Waals surface area contributed by atoms with Crippen LogP contribution in [0.4, 0.5) is 0 Å². The zero-order valence-electron chi connectivity index (χ0n) is 15.2. The van der Waals surface area contributed by atoms with E-state index in [0.29, 0.717) is 18.1 Å². The van der Waals surface area contributed by atoms with Gasteiger partial charge in [-0.25, -0.2) is 0 Å². The van der Waals surface area contributed by atoms with Crippen LogP contribution in [-0.4, -0.2) is 24.1 Å². The number of hydrogen-bond acceptors (Lipinski definition) is 4. The third-order valence-corrected chi connectivity index (χ3v) is 3.93. The van der Waals surface area contributed by atoms with Gasteiger partial charge in [0.05, 0.1) is 18.3 Å². The molecule has 1 heterocycles. The SMILES string of the molecule is CCOc1ccccc1OCC(=O)NC(c1ccccc1)c1ccccn1. The van der Waals surface area contributed by atoms with Gasteiger partial charge in [-0.2, -0.15) is 0 Å². The Kier molecular flexibility index (Phi) is 6.41. The Bertz CT molecular complexity index is 814. The lowest BCUT2D eigenvalue weighted by molar-refractivity contribution is -0.123. The molecule has 0 radical (unpaired) electrons. The highest BCUT2D eigenvalue weighted by atomic mass is 16.5. The fourth-order valence-electron chi connectivity index (χ4n) is 2.71. The molecular formula is C22H22N2O3. The predicted molar refractivity (Wildman–Crippen MR) is 104 cm³/mol. The number of hydrogen-bond donors (Lipinski definition) is 1. The van der Waals surface area contributed by atoms with E-state index < -0.39 is 0 Å². The highest BCUT2D eigenvalue weighted by Gasteiger charge is 2.18. The summed E-state index contributed by atoms with van der Waals surface area (Å²) in [5.41, 5.74) is 1.73. The van der Waals surface area contributed by atoms with Gasteiger partial charge in [0.25, 0.3) is 5.91 Å². The van der Waals surface area contributed by atoms with Crippen molar-refractivity contribution in [2.45, 2.75) is 13.0 Å². The molecule has 0 saturated carbocycles. The topological polar surface area (TPSA) is 60.5 Å². The maximum Gasteiger partial charge on any atom is 0.258 e. The number of nitrogens with zero attached hydrogens (tertiary/aromatic N) is 1. The van der Waals surface area contributed by atoms with Crippen molar-refractivity contribution in [1.29, 1.82) is 0 Å². The fourth-order valence-corrected chi connectivity index (χ4v) is 2.71. The number of amides is 1. The maximum atomic E-state index is 12.5. The molecule has 1 amide bonds. The molecule has 3 aromatic rings. The van der Waals surface area contributed by atoms with E-state index >= 15 is 0 Å². The van der Waals surface area contributed by atoms with E-state index in [2.05, 4.69) is 10.3 Å². The van der Waals surface area contributed by atoms with Crippen LogP contribution >= 0.6 is 0 Å². The van der Waals surface area contributed by atoms with Crippen LogP contribution < -0.4 is 14.8 Å². The highest BCUT2D eigenvalue weighted by molar-refractivity contribution is 5.78. The lowest BCUT2D eigenvalue weighted by Gasteiger charge is -2.19. The van der Waals surface area contributed by atoms with Crippen LogP contribution in [0.5, 0.6) is 11.5 Å². The molecule has 27 heavy (non-hydrogen) atoms. The lowest BCUT2D eigenvalue weighted by Crippen LogP contribution is -2.33. The second kappa shape index (κ2) is 9.38. The standard InChI is InChI=1S/C22H22N2O3/c1-2-26-19-13-6-7-14-20(19)27-16-21(25)24-22(17-10-4-3-5-11-17)18-12-8-9-15-23-18/h3-15,22H,2,16H2,1H3,(H,24,25). The summed E-state index contributed by atoms with van der Waals surface area (Å²) in [6.45, 7) is 2.32. The van der Waals surface area contributed by atoms with Crippen LogP contribution in [0.2, 0.25) is 0 Å². The van der Waals surface area contributed by atoms with Gasteiger partial charge in [-0.15, -0.1) is 0 Å². The summed E-state index contributed by atoms with van der Waals surface area (Å²) in [5, 5.41) is 3.00. The van der Waals surface area contributed by atoms with Crippen LogP contribution in [0.25, 0.3) is 0 Å². The van der Waals surface area contributed by atoms with Gasteiger partial charge in [0.15, 0.2) is 18.1 Å². The van der Waals surface area contributed by atoms with Crippen molar-refractivity contribution in [2.24, 2.45) is 0 Å². The van der Waals surface area contributed by atoms with Crippen molar-refractivity contribution in [2.75, 3.05) is 13.2 Å². The molecule has 0 aliphatic heterocycles. The Morgan fingerprint density at radius 1 is 0.926 bits per heavy atom. The van der Waals surface area contributed by atoms with Gasteiger partial charge in [0.2, 0.25) is 0 Å². The number of pyridine rings is 1. The average molecular weight is 362 g/mol. The van der Waals surface area contributed by atoms with E-state index in [1.165, 1.54) is 0 Å². The fraction of sp³-hybridized carbons (Fsp3) is 0.182. The van der Waals surface area contributed by atoms with Gasteiger partial charge in [0.1, 0.15) is 0 Å². The first kappa shape index (κ1) is 18.5. The van der Waals surface area contributed by atoms with Gasteiger partial charge in [-0.05, 0) is 36.8 Å². The smallest absolute Gasteiger partial charge is 0.258 e. The molecule has 5 nitrogen and oxygen atoms in total. The molecule has 5 heteroatoms. The van der Waals surface area contributed by atoms with Crippen LogP contribution in [0.3, 0.4) is 0 Å². The Morgan fingerprint density at radius 2 is 1.59 bits per heavy atom. The molecule has 0 fully saturated rings. The van der Waals surface area contributed by atoms with Crippen molar-refractivity contribution < 1.29 is 14.3 Å². The van der Waals surface area contributed by atoms with Gasteiger partial charge >= 0.3 is 0 Å². The number of benzene rings is 2. The molecule has 1 N–H and O–H groups in total. The average Bonchev–Trinajstić information content (AvgIpc) is 2.73. The summed E-state index contributed by atoms with van der Waals surface area (Å²) >= 11 is 0. The van der Waals surface area contributed by atoms with Gasteiger partial charge in [-0.1, -0.05) is 48.5 Å². The van der Waals surface area contributed by atoms with Crippen molar-refractivity contribution in [3.8, 4) is 11.5 Å². The number of carbonyl (C=O) groups excluding carboxylic acids is 1. The third-order valence-electron chi connectivity index (χ3n) is 3.93. The Morgan fingerprint density at radius 3 is 2.26 bits per heavy atom. The van der Waals surface area contributed by atoms with Crippen LogP contribution in [0, 0.1) is 0 Å². The minimum Gasteiger partial charge on any atom is -0.490 e. The number of ether oxygens (including phenoxy) is 2. The van der Waals surface area contributed by atoms with E-state index in [-0.39, 0.29) is 18.6 Å². The first-order valence-corrected chi connectivity index (χ1v) is 8.87. The second-order valence-corrected chi connectivity index (χ2v) is 5.83. The Balaban J connectivity index is 1.70. The van der Waals surface area contributed by atoms with Crippen molar-refractivity contribution >= 4 is 5.91 Å². The molecule has 0 aliphatic rings. The Hall–Kier alpha value is -3.34. The molecule has 1 aromatic heterocycles. The van der Waals surface area contributed by atoms with Crippen LogP contribution in [0.15, 0.2) is 79.0 Å². The first-order chi connectivity index (χ1) is 13.3. The highest BCUT2D eigenvalue weighted by Crippen LogP contribution is 2.26. The van der Waals surface area contributed by atoms with E-state index in [1.54, 1.807) is 12.3 Å². The molecular weight excluding hydrogens is 340 g/mol. The predicted octanol–water partition coefficient (Wildman–Crippen LogP) is 3.76. The van der Waals surface area contributed by atoms with Gasteiger partial charge < -0.3 is 14.8 Å². The molecule has 0 aliphatic carbocycles. The number of nitrogens with one attached hydrogen (secondary N) is 1. The summed E-state index contributed by atoms with van der Waals surface area (Å²) in [4.78, 5) is 16.9. The van der Waals surface area contributed by atoms with E-state index in [4.69, 9.17) is 9.47 Å². The van der Waals surface area contributed by atoms with Crippen LogP contribution in [0.1, 0.15) is 24.2 Å². The third kappa shape index (κ3) is 5.07. The summed E-state index contributed by atoms with van der Waals surface area (Å²) < 4.78 is 11.2. The molecule has 0 bridgehead atoms. The quantitative estimate of drug-likeness (QED) is 0.663. The minimum atomic E-state index is -0.342. The molecule has 3 rings (SSSR count). The summed E-state index contributed by atoms with van der Waals surface area (Å²) in [6.07, 6.45) is 1.71. The van der Waals surface area contributed by atoms with E-state index in [0.717, 1.165) is 11.3 Å². The molecule has 0 saturated heterocycles. The van der Waals surface area contributed by atoms with E-state index in [9.17, 15) is 4.79 Å². The summed E-state index contributed by atoms with van der Waals surface area (Å²) in [6, 6.07) is 22.3. The van der Waals surface area contributed by atoms with Crippen LogP contribution in [-0.2, 0) is 4.79 Å². The zero-order valence-corrected chi connectivity index (χ0v) is 15.2. The summed E-state index contributed by atoms with van der Waals surface area (Å²) in [7, 11) is 0. The maximum absolute atomic E-state index is 12.5. The van der Waals surface area contributed by atoms with E-state index in [1.807, 2.05) is 73.7 Å². The molecule has 2 aromatic carbocycles. The lowest BCUT2D eigenvalue weighted by atomic mass is 10.0. The molecule has 0 spiro atoms. The van der Waals surface area contributed by atoms with Gasteiger partial charge in [-0.3, -0.25) is 9.78 Å². The number of carbonyl (C=O) groups is 1. The largest absolute Gasteiger partial charge is 0.490 e. The Labute approximate surface area is 159 Å². The molecule has 1 atom stereocenters. The number of aromatic nitrogens is 1. The minimum absolute atomic E-state index is 0.111. The van der Waals surface area contributed by atoms with Crippen molar-refractivity contribution in [3.63, 3.8) is 0 Å². The second-order valence-electron chi connectivity index (χ2n) is 5.83. The first-order valence-electron chi connectivity index (χ1n) is 8.87. The van der Waals surface area contributed by atoms with Crippen molar-refractivity contribution in [3.05, 3.63) is 90.3 Å².